The number of nitrogens with zero attached hydrogens (tertiary/aromatic N) is 1. The van der Waals surface area contributed by atoms with Crippen molar-refractivity contribution in [1.82, 2.24) is 5.32 Å². The number of nitriles is 1. The summed E-state index contributed by atoms with van der Waals surface area (Å²) in [6.07, 6.45) is 2.76. The Morgan fingerprint density at radius 1 is 1.23 bits per heavy atom. The fraction of sp³-hybridized carbons (Fsp3) is 0.391. The van der Waals surface area contributed by atoms with Crippen LogP contribution in [0.15, 0.2) is 18.2 Å². The van der Waals surface area contributed by atoms with Crippen molar-refractivity contribution >= 4 is 34.1 Å². The third-order valence-electron chi connectivity index (χ3n) is 5.12. The van der Waals surface area contributed by atoms with E-state index < -0.39 is 18.5 Å². The molecule has 0 bridgehead atoms. The summed E-state index contributed by atoms with van der Waals surface area (Å²) in [6.45, 7) is 5.12. The molecule has 2 amide bonds. The molecule has 1 heterocycles. The maximum absolute atomic E-state index is 12.2. The number of anilines is 1. The van der Waals surface area contributed by atoms with Gasteiger partial charge in [0.05, 0.1) is 5.56 Å². The second-order valence-electron chi connectivity index (χ2n) is 7.94. The Bertz CT molecular complexity index is 1050. The Labute approximate surface area is 185 Å². The summed E-state index contributed by atoms with van der Waals surface area (Å²) in [5.74, 6) is -1.06. The number of benzene rings is 1. The molecule has 0 saturated heterocycles. The van der Waals surface area contributed by atoms with Gasteiger partial charge in [0.2, 0.25) is 0 Å². The Morgan fingerprint density at radius 2 is 1.94 bits per heavy atom. The van der Waals surface area contributed by atoms with Crippen molar-refractivity contribution < 1.29 is 19.1 Å². The largest absolute Gasteiger partial charge is 0.454 e. The lowest BCUT2D eigenvalue weighted by Crippen LogP contribution is -2.32. The Balaban J connectivity index is 1.49. The average Bonchev–Trinajstić information content (AvgIpc) is 3.05. The predicted octanol–water partition coefficient (Wildman–Crippen LogP) is 3.27. The summed E-state index contributed by atoms with van der Waals surface area (Å²) in [5.41, 5.74) is 3.89. The smallest absolute Gasteiger partial charge is 0.325 e. The first-order chi connectivity index (χ1) is 14.8. The minimum atomic E-state index is -0.715. The molecule has 0 radical (unpaired) electrons. The van der Waals surface area contributed by atoms with Gasteiger partial charge in [0, 0.05) is 10.4 Å². The quantitative estimate of drug-likeness (QED) is 0.672. The summed E-state index contributed by atoms with van der Waals surface area (Å²) in [6, 6.07) is 7.60. The standard InChI is InChI=1S/C23H25N3O4S/c1-13-4-5-17-18(10-24)23(31-19(17)9-13)26-20(27)12-30-21(28)11-25-22(29)16-7-14(2)6-15(3)8-16/h6-8,13H,4-5,9,11-12H2,1-3H3,(H,25,29)(H,26,27)/t13-/m1/s1. The topological polar surface area (TPSA) is 108 Å². The van der Waals surface area contributed by atoms with Gasteiger partial charge in [-0.25, -0.2) is 0 Å². The van der Waals surface area contributed by atoms with Gasteiger partial charge < -0.3 is 15.4 Å². The van der Waals surface area contributed by atoms with Crippen LogP contribution in [0.2, 0.25) is 0 Å². The normalized spacial score (nSPS) is 14.8. The third kappa shape index (κ3) is 5.70. The van der Waals surface area contributed by atoms with Crippen molar-refractivity contribution in [3.63, 3.8) is 0 Å². The number of ether oxygens (including phenoxy) is 1. The van der Waals surface area contributed by atoms with Gasteiger partial charge in [0.1, 0.15) is 17.6 Å². The van der Waals surface area contributed by atoms with Gasteiger partial charge in [-0.3, -0.25) is 14.4 Å². The van der Waals surface area contributed by atoms with Crippen molar-refractivity contribution in [2.75, 3.05) is 18.5 Å². The molecule has 31 heavy (non-hydrogen) atoms. The van der Waals surface area contributed by atoms with Crippen molar-refractivity contribution in [1.29, 1.82) is 5.26 Å². The number of thiophene rings is 1. The van der Waals surface area contributed by atoms with Crippen LogP contribution in [0.5, 0.6) is 0 Å². The van der Waals surface area contributed by atoms with E-state index in [1.54, 1.807) is 12.1 Å². The molecule has 1 aromatic heterocycles. The monoisotopic (exact) mass is 439 g/mol. The van der Waals surface area contributed by atoms with Gasteiger partial charge in [0.25, 0.3) is 11.8 Å². The van der Waals surface area contributed by atoms with Crippen molar-refractivity contribution in [3.8, 4) is 6.07 Å². The van der Waals surface area contributed by atoms with Gasteiger partial charge in [-0.15, -0.1) is 11.3 Å². The van der Waals surface area contributed by atoms with Gasteiger partial charge in [-0.1, -0.05) is 24.1 Å². The molecule has 7 nitrogen and oxygen atoms in total. The first-order valence-electron chi connectivity index (χ1n) is 10.1. The summed E-state index contributed by atoms with van der Waals surface area (Å²) in [4.78, 5) is 37.5. The zero-order chi connectivity index (χ0) is 22.5. The lowest BCUT2D eigenvalue weighted by Gasteiger charge is -2.17. The van der Waals surface area contributed by atoms with Gasteiger partial charge >= 0.3 is 5.97 Å². The number of carbonyl (C=O) groups excluding carboxylic acids is 3. The fourth-order valence-electron chi connectivity index (χ4n) is 3.68. The highest BCUT2D eigenvalue weighted by Crippen LogP contribution is 2.39. The number of fused-ring (bicyclic) bond motifs is 1. The molecule has 8 heteroatoms. The maximum Gasteiger partial charge on any atom is 0.325 e. The predicted molar refractivity (Wildman–Crippen MR) is 118 cm³/mol. The lowest BCUT2D eigenvalue weighted by molar-refractivity contribution is -0.146. The van der Waals surface area contributed by atoms with Crippen LogP contribution >= 0.6 is 11.3 Å². The molecule has 0 unspecified atom stereocenters. The van der Waals surface area contributed by atoms with Crippen molar-refractivity contribution in [2.24, 2.45) is 5.92 Å². The Morgan fingerprint density at radius 3 is 2.61 bits per heavy atom. The number of carbonyl (C=O) groups is 3. The number of hydrogen-bond donors (Lipinski definition) is 2. The molecule has 162 valence electrons. The highest BCUT2D eigenvalue weighted by Gasteiger charge is 2.24. The van der Waals surface area contributed by atoms with Crippen LogP contribution in [0.3, 0.4) is 0 Å². The third-order valence-corrected chi connectivity index (χ3v) is 6.29. The number of aryl methyl sites for hydroxylation is 2. The number of rotatable bonds is 6. The van der Waals surface area contributed by atoms with Crippen LogP contribution in [0.1, 0.15) is 50.8 Å². The first kappa shape index (κ1) is 22.5. The highest BCUT2D eigenvalue weighted by molar-refractivity contribution is 7.16. The SMILES string of the molecule is Cc1cc(C)cc(C(=O)NCC(=O)OCC(=O)Nc2sc3c(c2C#N)CC[C@@H](C)C3)c1. The lowest BCUT2D eigenvalue weighted by atomic mass is 9.89. The van der Waals surface area contributed by atoms with E-state index >= 15 is 0 Å². The van der Waals surface area contributed by atoms with E-state index in [4.69, 9.17) is 4.74 Å². The Kier molecular flexibility index (Phi) is 7.08. The van der Waals surface area contributed by atoms with Crippen LogP contribution in [-0.4, -0.2) is 30.9 Å². The molecule has 0 spiro atoms. The molecule has 0 saturated carbocycles. The zero-order valence-corrected chi connectivity index (χ0v) is 18.6. The second kappa shape index (κ2) is 9.75. The minimum Gasteiger partial charge on any atom is -0.454 e. The molecule has 2 aromatic rings. The molecule has 0 aliphatic heterocycles. The minimum absolute atomic E-state index is 0.340. The Hall–Kier alpha value is -3.18. The van der Waals surface area contributed by atoms with Crippen molar-refractivity contribution in [3.05, 3.63) is 50.9 Å². The number of amides is 2. The highest BCUT2D eigenvalue weighted by atomic mass is 32.1. The molecular formula is C23H25N3O4S. The van der Waals surface area contributed by atoms with Crippen molar-refractivity contribution in [2.45, 2.75) is 40.0 Å². The van der Waals surface area contributed by atoms with E-state index in [2.05, 4.69) is 23.6 Å². The molecule has 1 aromatic carbocycles. The van der Waals surface area contributed by atoms with Crippen LogP contribution in [0.4, 0.5) is 5.00 Å². The number of hydrogen-bond acceptors (Lipinski definition) is 6. The molecule has 1 aliphatic carbocycles. The molecule has 1 aliphatic rings. The molecule has 0 fully saturated rings. The summed E-state index contributed by atoms with van der Waals surface area (Å²) in [7, 11) is 0. The molecule has 2 N–H and O–H groups in total. The van der Waals surface area contributed by atoms with E-state index in [1.807, 2.05) is 19.9 Å². The molecule has 3 rings (SSSR count). The van der Waals surface area contributed by atoms with Crippen LogP contribution in [0, 0.1) is 31.1 Å². The van der Waals surface area contributed by atoms with Gasteiger partial charge in [-0.05, 0) is 56.7 Å². The van der Waals surface area contributed by atoms with Gasteiger partial charge in [-0.2, -0.15) is 5.26 Å². The van der Waals surface area contributed by atoms with Crippen LogP contribution in [0.25, 0.3) is 0 Å². The molecular weight excluding hydrogens is 414 g/mol. The van der Waals surface area contributed by atoms with E-state index in [0.29, 0.717) is 22.0 Å². The summed E-state index contributed by atoms with van der Waals surface area (Å²) >= 11 is 1.41. The van der Waals surface area contributed by atoms with E-state index in [9.17, 15) is 19.6 Å². The summed E-state index contributed by atoms with van der Waals surface area (Å²) in [5, 5.41) is 15.2. The fourth-order valence-corrected chi connectivity index (χ4v) is 5.05. The van der Waals surface area contributed by atoms with E-state index in [1.165, 1.54) is 11.3 Å². The maximum atomic E-state index is 12.2. The average molecular weight is 440 g/mol. The van der Waals surface area contributed by atoms with E-state index in [0.717, 1.165) is 40.8 Å². The van der Waals surface area contributed by atoms with Crippen LogP contribution < -0.4 is 10.6 Å². The zero-order valence-electron chi connectivity index (χ0n) is 17.8. The molecule has 1 atom stereocenters. The first-order valence-corrected chi connectivity index (χ1v) is 10.9. The number of esters is 1. The summed E-state index contributed by atoms with van der Waals surface area (Å²) < 4.78 is 4.96. The second-order valence-corrected chi connectivity index (χ2v) is 9.04. The van der Waals surface area contributed by atoms with E-state index in [-0.39, 0.29) is 12.5 Å². The number of nitrogens with one attached hydrogen (secondary N) is 2. The van der Waals surface area contributed by atoms with Gasteiger partial charge in [0.15, 0.2) is 6.61 Å². The van der Waals surface area contributed by atoms with Crippen LogP contribution in [-0.2, 0) is 27.2 Å².